The van der Waals surface area contributed by atoms with Crippen LogP contribution in [-0.2, 0) is 9.59 Å². The van der Waals surface area contributed by atoms with Crippen molar-refractivity contribution in [1.29, 1.82) is 0 Å². The first kappa shape index (κ1) is 14.5. The summed E-state index contributed by atoms with van der Waals surface area (Å²) in [4.78, 5) is 22.4. The maximum atomic E-state index is 11.5. The second-order valence-electron chi connectivity index (χ2n) is 3.72. The van der Waals surface area contributed by atoms with Gasteiger partial charge in [0.05, 0.1) is 6.04 Å². The van der Waals surface area contributed by atoms with Crippen LogP contribution in [-0.4, -0.2) is 29.1 Å². The minimum Gasteiger partial charge on any atom is -0.480 e. The third kappa shape index (κ3) is 4.32. The van der Waals surface area contributed by atoms with E-state index < -0.39 is 24.0 Å². The summed E-state index contributed by atoms with van der Waals surface area (Å²) in [7, 11) is 0. The van der Waals surface area contributed by atoms with E-state index in [9.17, 15) is 9.59 Å². The van der Waals surface area contributed by atoms with Crippen molar-refractivity contribution in [2.75, 3.05) is 0 Å². The smallest absolute Gasteiger partial charge is 0.326 e. The Labute approximate surface area is 95.4 Å². The molecule has 0 radical (unpaired) electrons. The van der Waals surface area contributed by atoms with Gasteiger partial charge >= 0.3 is 5.97 Å². The van der Waals surface area contributed by atoms with Crippen LogP contribution in [0.5, 0.6) is 0 Å². The van der Waals surface area contributed by atoms with Crippen molar-refractivity contribution in [3.8, 4) is 12.3 Å². The highest BCUT2D eigenvalue weighted by atomic mass is 16.4. The fraction of sp³-hybridized carbons (Fsp3) is 0.636. The Morgan fingerprint density at radius 1 is 1.56 bits per heavy atom. The molecular weight excluding hydrogens is 208 g/mol. The summed E-state index contributed by atoms with van der Waals surface area (Å²) in [6.07, 6.45) is 5.77. The molecule has 0 aromatic rings. The third-order valence-electron chi connectivity index (χ3n) is 2.45. The summed E-state index contributed by atoms with van der Waals surface area (Å²) >= 11 is 0. The zero-order valence-electron chi connectivity index (χ0n) is 9.56. The lowest BCUT2D eigenvalue weighted by atomic mass is 9.99. The van der Waals surface area contributed by atoms with Crippen LogP contribution >= 0.6 is 0 Å². The molecule has 4 N–H and O–H groups in total. The number of carbonyl (C=O) groups excluding carboxylic acids is 1. The summed E-state index contributed by atoms with van der Waals surface area (Å²) in [6.45, 7) is 3.61. The van der Waals surface area contributed by atoms with E-state index in [1.165, 1.54) is 0 Å². The number of nitrogens with one attached hydrogen (secondary N) is 1. The molecule has 0 fully saturated rings. The lowest BCUT2D eigenvalue weighted by Crippen LogP contribution is -2.50. The molecule has 0 saturated carbocycles. The van der Waals surface area contributed by atoms with E-state index in [1.807, 2.05) is 6.92 Å². The molecule has 1 amide bonds. The lowest BCUT2D eigenvalue weighted by Gasteiger charge is -2.21. The summed E-state index contributed by atoms with van der Waals surface area (Å²) in [6, 6.07) is -1.77. The summed E-state index contributed by atoms with van der Waals surface area (Å²) in [5.74, 6) is 0.525. The Bertz CT molecular complexity index is 296. The van der Waals surface area contributed by atoms with Gasteiger partial charge in [-0.1, -0.05) is 20.3 Å². The van der Waals surface area contributed by atoms with E-state index in [0.29, 0.717) is 6.42 Å². The molecule has 0 bridgehead atoms. The van der Waals surface area contributed by atoms with Crippen molar-refractivity contribution in [3.63, 3.8) is 0 Å². The van der Waals surface area contributed by atoms with Gasteiger partial charge in [-0.05, 0) is 5.92 Å². The van der Waals surface area contributed by atoms with Crippen LogP contribution in [0.3, 0.4) is 0 Å². The normalized spacial score (nSPS) is 15.6. The SMILES string of the molecule is C#CCC(N)C(=O)N[C@H](C(=O)O)[C@@H](C)CC. The molecule has 0 spiro atoms. The Balaban J connectivity index is 4.47. The highest BCUT2D eigenvalue weighted by molar-refractivity contribution is 5.87. The lowest BCUT2D eigenvalue weighted by molar-refractivity contribution is -0.143. The van der Waals surface area contributed by atoms with Crippen molar-refractivity contribution in [3.05, 3.63) is 0 Å². The zero-order valence-corrected chi connectivity index (χ0v) is 9.56. The van der Waals surface area contributed by atoms with Gasteiger partial charge in [0, 0.05) is 6.42 Å². The number of hydrogen-bond acceptors (Lipinski definition) is 3. The van der Waals surface area contributed by atoms with Crippen molar-refractivity contribution in [2.24, 2.45) is 11.7 Å². The monoisotopic (exact) mass is 226 g/mol. The van der Waals surface area contributed by atoms with Gasteiger partial charge in [0.15, 0.2) is 0 Å². The molecule has 0 heterocycles. The van der Waals surface area contributed by atoms with E-state index in [4.69, 9.17) is 17.3 Å². The molecule has 0 rings (SSSR count). The molecule has 90 valence electrons. The van der Waals surface area contributed by atoms with Crippen LogP contribution < -0.4 is 11.1 Å². The van der Waals surface area contributed by atoms with Crippen LogP contribution in [0.25, 0.3) is 0 Å². The van der Waals surface area contributed by atoms with Crippen LogP contribution in [0.15, 0.2) is 0 Å². The van der Waals surface area contributed by atoms with Crippen LogP contribution in [0.1, 0.15) is 26.7 Å². The van der Waals surface area contributed by atoms with Gasteiger partial charge in [0.2, 0.25) is 5.91 Å². The average molecular weight is 226 g/mol. The molecule has 0 aliphatic carbocycles. The van der Waals surface area contributed by atoms with Crippen molar-refractivity contribution in [1.82, 2.24) is 5.32 Å². The van der Waals surface area contributed by atoms with E-state index in [-0.39, 0.29) is 12.3 Å². The number of aliphatic carboxylic acids is 1. The highest BCUT2D eigenvalue weighted by Crippen LogP contribution is 2.08. The van der Waals surface area contributed by atoms with Gasteiger partial charge in [-0.3, -0.25) is 4.79 Å². The van der Waals surface area contributed by atoms with Gasteiger partial charge in [0.25, 0.3) is 0 Å². The number of carbonyl (C=O) groups is 2. The Kier molecular flexibility index (Phi) is 6.19. The maximum absolute atomic E-state index is 11.5. The topological polar surface area (TPSA) is 92.4 Å². The molecular formula is C11H18N2O3. The van der Waals surface area contributed by atoms with E-state index in [1.54, 1.807) is 6.92 Å². The minimum atomic E-state index is -1.06. The summed E-state index contributed by atoms with van der Waals surface area (Å²) in [5.41, 5.74) is 5.47. The van der Waals surface area contributed by atoms with E-state index in [0.717, 1.165) is 0 Å². The van der Waals surface area contributed by atoms with Gasteiger partial charge in [-0.15, -0.1) is 12.3 Å². The second-order valence-corrected chi connectivity index (χ2v) is 3.72. The fourth-order valence-corrected chi connectivity index (χ4v) is 1.16. The van der Waals surface area contributed by atoms with E-state index in [2.05, 4.69) is 11.2 Å². The quantitative estimate of drug-likeness (QED) is 0.554. The molecule has 3 atom stereocenters. The first-order valence-electron chi connectivity index (χ1n) is 5.16. The number of amides is 1. The molecule has 0 aliphatic rings. The number of nitrogens with two attached hydrogens (primary N) is 1. The van der Waals surface area contributed by atoms with Crippen LogP contribution in [0, 0.1) is 18.3 Å². The van der Waals surface area contributed by atoms with Crippen LogP contribution in [0.4, 0.5) is 0 Å². The molecule has 5 nitrogen and oxygen atoms in total. The zero-order chi connectivity index (χ0) is 12.7. The Morgan fingerprint density at radius 2 is 2.12 bits per heavy atom. The van der Waals surface area contributed by atoms with E-state index >= 15 is 0 Å². The molecule has 0 aromatic carbocycles. The predicted octanol–water partition coefficient (Wildman–Crippen LogP) is -0.0475. The predicted molar refractivity (Wildman–Crippen MR) is 60.4 cm³/mol. The number of carboxylic acid groups (broad SMARTS) is 1. The van der Waals surface area contributed by atoms with Gasteiger partial charge < -0.3 is 16.2 Å². The largest absolute Gasteiger partial charge is 0.480 e. The minimum absolute atomic E-state index is 0.0959. The Morgan fingerprint density at radius 3 is 2.50 bits per heavy atom. The Hall–Kier alpha value is -1.54. The number of carboxylic acids is 1. The number of terminal acetylenes is 1. The molecule has 16 heavy (non-hydrogen) atoms. The van der Waals surface area contributed by atoms with Crippen molar-refractivity contribution < 1.29 is 14.7 Å². The maximum Gasteiger partial charge on any atom is 0.326 e. The molecule has 1 unspecified atom stereocenters. The second kappa shape index (κ2) is 6.85. The van der Waals surface area contributed by atoms with Crippen molar-refractivity contribution in [2.45, 2.75) is 38.8 Å². The summed E-state index contributed by atoms with van der Waals surface area (Å²) in [5, 5.41) is 11.3. The summed E-state index contributed by atoms with van der Waals surface area (Å²) < 4.78 is 0. The third-order valence-corrected chi connectivity index (χ3v) is 2.45. The fourth-order valence-electron chi connectivity index (χ4n) is 1.16. The van der Waals surface area contributed by atoms with Crippen LogP contribution in [0.2, 0.25) is 0 Å². The average Bonchev–Trinajstić information content (AvgIpc) is 2.24. The number of hydrogen-bond donors (Lipinski definition) is 3. The molecule has 0 saturated heterocycles. The van der Waals surface area contributed by atoms with Gasteiger partial charge in [-0.2, -0.15) is 0 Å². The van der Waals surface area contributed by atoms with Gasteiger partial charge in [-0.25, -0.2) is 4.79 Å². The molecule has 0 aromatic heterocycles. The molecule has 0 aliphatic heterocycles. The number of rotatable bonds is 6. The first-order valence-corrected chi connectivity index (χ1v) is 5.16. The first-order chi connectivity index (χ1) is 7.43. The molecule has 5 heteroatoms. The van der Waals surface area contributed by atoms with Gasteiger partial charge in [0.1, 0.15) is 6.04 Å². The highest BCUT2D eigenvalue weighted by Gasteiger charge is 2.26. The standard InChI is InChI=1S/C11H18N2O3/c1-4-6-8(12)10(14)13-9(11(15)16)7(3)5-2/h1,7-9H,5-6,12H2,2-3H3,(H,13,14)(H,15,16)/t7-,8?,9-/m0/s1. The van der Waals surface area contributed by atoms with Crippen molar-refractivity contribution >= 4 is 11.9 Å².